The first-order valence-electron chi connectivity index (χ1n) is 33.7. The van der Waals surface area contributed by atoms with E-state index in [0.717, 1.165) is 10.9 Å². The monoisotopic (exact) mass is 1370 g/mol. The zero-order chi connectivity index (χ0) is 70.9. The second kappa shape index (κ2) is 34.3. The van der Waals surface area contributed by atoms with E-state index in [-0.39, 0.29) is 115 Å². The van der Waals surface area contributed by atoms with E-state index >= 15 is 0 Å². The number of para-hydroxylation sites is 1. The number of carboxylic acid groups (broad SMARTS) is 2. The van der Waals surface area contributed by atoms with E-state index in [0.29, 0.717) is 44.1 Å². The van der Waals surface area contributed by atoms with E-state index in [1.165, 1.54) is 24.5 Å². The van der Waals surface area contributed by atoms with Crippen molar-refractivity contribution in [3.8, 4) is 0 Å². The van der Waals surface area contributed by atoms with Crippen molar-refractivity contribution < 1.29 is 82.1 Å². The van der Waals surface area contributed by atoms with Gasteiger partial charge in [0.25, 0.3) is 0 Å². The SMILES string of the molecule is CC[C@H](C)[C@H](NC(=O)[C@H](CCC(=O)O)NC(=O)[C@@H]1CCCN1C(=O)CNC(=O)[C@@H]1CCCN1C(=O)[C@H](CCCN=C(N)N)NC(=O)[C@@H]1CCCN1C(=O)[C@H](Cc1c[nH]c2ccccc12)NC(=O)CNC(=O)CNC(=O)[C@@H]1CCC(=O)N1)C(=O)N1CCC[C@H]1C(=O)N1CCC[C@H]1C(=O)O. The van der Waals surface area contributed by atoms with Crippen LogP contribution in [0.2, 0.25) is 0 Å². The van der Waals surface area contributed by atoms with Crippen molar-refractivity contribution in [3.05, 3.63) is 36.0 Å². The van der Waals surface area contributed by atoms with E-state index in [1.54, 1.807) is 26.1 Å². The molecule has 0 aliphatic carbocycles. The number of amides is 13. The molecule has 2 aromatic rings. The highest BCUT2D eigenvalue weighted by molar-refractivity contribution is 6.00. The molecule has 1 aromatic heterocycles. The number of rotatable bonds is 31. The van der Waals surface area contributed by atoms with E-state index in [4.69, 9.17) is 11.5 Å². The minimum Gasteiger partial charge on any atom is -0.481 e. The molecule has 13 amide bonds. The number of likely N-dealkylation sites (tertiary alicyclic amines) is 5. The molecular formula is C64H91N17O17. The first kappa shape index (κ1) is 73.9. The molecule has 6 aliphatic heterocycles. The Morgan fingerprint density at radius 1 is 0.602 bits per heavy atom. The van der Waals surface area contributed by atoms with Gasteiger partial charge in [-0.15, -0.1) is 0 Å². The highest BCUT2D eigenvalue weighted by Crippen LogP contribution is 2.29. The molecule has 6 saturated heterocycles. The van der Waals surface area contributed by atoms with Gasteiger partial charge in [0, 0.05) is 75.6 Å². The van der Waals surface area contributed by atoms with E-state index in [9.17, 15) is 82.1 Å². The lowest BCUT2D eigenvalue weighted by Gasteiger charge is -2.34. The minimum absolute atomic E-state index is 0.0248. The van der Waals surface area contributed by atoms with Gasteiger partial charge in [-0.25, -0.2) is 4.79 Å². The number of carbonyl (C=O) groups excluding carboxylic acids is 13. The van der Waals surface area contributed by atoms with Gasteiger partial charge in [0.15, 0.2) is 5.96 Å². The summed E-state index contributed by atoms with van der Waals surface area (Å²) >= 11 is 0. The maximum atomic E-state index is 14.8. The molecule has 0 saturated carbocycles. The summed E-state index contributed by atoms with van der Waals surface area (Å²) in [4.78, 5) is 217. The third-order valence-corrected chi connectivity index (χ3v) is 19.1. The van der Waals surface area contributed by atoms with Gasteiger partial charge in [-0.1, -0.05) is 38.5 Å². The Hall–Kier alpha value is -9.92. The molecular weight excluding hydrogens is 1280 g/mol. The van der Waals surface area contributed by atoms with Crippen LogP contribution < -0.4 is 54.0 Å². The molecule has 0 bridgehead atoms. The Labute approximate surface area is 565 Å². The molecule has 534 valence electrons. The normalized spacial score (nSPS) is 22.0. The van der Waals surface area contributed by atoms with Crippen molar-refractivity contribution in [2.45, 2.75) is 190 Å². The standard InChI is InChI=1S/C64H91N17O17/c1-3-35(2)53(62(96)80-28-10-18-46(80)61(95)81-29-11-19-47(81)63(97)98)76-55(89)40(21-23-52(86)87)74-57(91)44-16-7-25-77(44)51(85)34-71-56(90)43-15-8-26-78(43)59(93)41(14-6-24-67-64(65)66)75-58(92)45-17-9-27-79(45)60(94)42(30-36-31-68-38-13-5-4-12-37(36)38)73-50(84)33-69-49(83)32-70-54(88)39-20-22-48(82)72-39/h4-5,12-13,31,35,39-47,53,68H,3,6-11,14-30,32-34H2,1-2H3,(H,69,83)(H,70,88)(H,71,90)(H,72,82)(H,73,84)(H,74,91)(H,75,92)(H,76,89)(H,86,87)(H,97,98)(H4,65,66,67)/t35-,39-,40-,41-,42-,43-,44-,45-,46-,47-,53-/m0/s1. The highest BCUT2D eigenvalue weighted by atomic mass is 16.4. The number of nitrogens with zero attached hydrogens (tertiary/aromatic N) is 6. The average molecular weight is 1370 g/mol. The number of nitrogens with one attached hydrogen (secondary N) is 9. The largest absolute Gasteiger partial charge is 0.481 e. The van der Waals surface area contributed by atoms with Crippen molar-refractivity contribution in [1.82, 2.24) is 72.0 Å². The van der Waals surface area contributed by atoms with Crippen LogP contribution >= 0.6 is 0 Å². The predicted octanol–water partition coefficient (Wildman–Crippen LogP) is -3.72. The van der Waals surface area contributed by atoms with Crippen LogP contribution in [0.5, 0.6) is 0 Å². The van der Waals surface area contributed by atoms with Gasteiger partial charge < -0.3 is 93.7 Å². The Kier molecular flexibility index (Phi) is 25.9. The average Bonchev–Trinajstić information content (AvgIpc) is 1.39. The summed E-state index contributed by atoms with van der Waals surface area (Å²) in [6, 6.07) is -4.23. The first-order valence-corrected chi connectivity index (χ1v) is 33.7. The van der Waals surface area contributed by atoms with Crippen LogP contribution in [0.3, 0.4) is 0 Å². The Morgan fingerprint density at radius 2 is 1.16 bits per heavy atom. The molecule has 34 nitrogen and oxygen atoms in total. The summed E-state index contributed by atoms with van der Waals surface area (Å²) in [6.07, 6.45) is 4.62. The quantitative estimate of drug-likeness (QED) is 0.0196. The van der Waals surface area contributed by atoms with Crippen LogP contribution in [0.25, 0.3) is 10.9 Å². The van der Waals surface area contributed by atoms with Crippen LogP contribution in [-0.4, -0.2) is 254 Å². The zero-order valence-electron chi connectivity index (χ0n) is 55.2. The van der Waals surface area contributed by atoms with Gasteiger partial charge in [-0.2, -0.15) is 0 Å². The van der Waals surface area contributed by atoms with E-state index in [2.05, 4.69) is 52.5 Å². The molecule has 8 rings (SSSR count). The summed E-state index contributed by atoms with van der Waals surface area (Å²) in [5.74, 6) is -11.7. The molecule has 0 unspecified atom stereocenters. The van der Waals surface area contributed by atoms with Gasteiger partial charge >= 0.3 is 11.9 Å². The van der Waals surface area contributed by atoms with Gasteiger partial charge in [0.05, 0.1) is 19.6 Å². The molecule has 0 radical (unpaired) electrons. The second-order valence-electron chi connectivity index (χ2n) is 25.8. The zero-order valence-corrected chi connectivity index (χ0v) is 55.2. The number of H-pyrrole nitrogens is 1. The van der Waals surface area contributed by atoms with Crippen molar-refractivity contribution in [3.63, 3.8) is 0 Å². The number of fused-ring (bicyclic) bond motifs is 1. The fourth-order valence-corrected chi connectivity index (χ4v) is 13.7. The number of aromatic nitrogens is 1. The summed E-state index contributed by atoms with van der Waals surface area (Å²) in [5.41, 5.74) is 12.6. The van der Waals surface area contributed by atoms with Crippen LogP contribution in [-0.2, 0) is 78.3 Å². The van der Waals surface area contributed by atoms with Gasteiger partial charge in [-0.05, 0) is 107 Å². The third-order valence-electron chi connectivity index (χ3n) is 19.1. The number of aromatic amines is 1. The number of carbonyl (C=O) groups is 15. The van der Waals surface area contributed by atoms with E-state index < -0.39 is 182 Å². The summed E-state index contributed by atoms with van der Waals surface area (Å²) in [6.45, 7) is 2.45. The molecule has 0 spiro atoms. The Balaban J connectivity index is 0.888. The number of aliphatic carboxylic acids is 2. The van der Waals surface area contributed by atoms with Gasteiger partial charge in [0.2, 0.25) is 76.8 Å². The summed E-state index contributed by atoms with van der Waals surface area (Å²) < 4.78 is 0. The molecule has 1 aromatic carbocycles. The van der Waals surface area contributed by atoms with Gasteiger partial charge in [0.1, 0.15) is 60.4 Å². The molecule has 6 fully saturated rings. The maximum Gasteiger partial charge on any atom is 0.326 e. The number of benzene rings is 1. The van der Waals surface area contributed by atoms with Crippen LogP contribution in [0.15, 0.2) is 35.5 Å². The number of carboxylic acids is 2. The number of nitrogens with two attached hydrogens (primary N) is 2. The van der Waals surface area contributed by atoms with Crippen molar-refractivity contribution in [2.24, 2.45) is 22.4 Å². The van der Waals surface area contributed by atoms with Crippen LogP contribution in [0.1, 0.15) is 129 Å². The Bertz CT molecular complexity index is 3390. The number of aliphatic imine (C=N–C) groups is 1. The van der Waals surface area contributed by atoms with E-state index in [1.807, 2.05) is 18.2 Å². The smallest absolute Gasteiger partial charge is 0.326 e. The lowest BCUT2D eigenvalue weighted by atomic mass is 9.96. The molecule has 34 heteroatoms. The summed E-state index contributed by atoms with van der Waals surface area (Å²) in [7, 11) is 0. The fraction of sp³-hybridized carbons (Fsp3) is 0.625. The molecule has 98 heavy (non-hydrogen) atoms. The minimum atomic E-state index is -1.51. The van der Waals surface area contributed by atoms with Gasteiger partial charge in [-0.3, -0.25) is 72.1 Å². The number of hydrogen-bond acceptors (Lipinski definition) is 16. The predicted molar refractivity (Wildman–Crippen MR) is 347 cm³/mol. The number of guanidine groups is 1. The van der Waals surface area contributed by atoms with Crippen molar-refractivity contribution >= 4 is 106 Å². The molecule has 6 aliphatic rings. The second-order valence-corrected chi connectivity index (χ2v) is 25.8. The van der Waals surface area contributed by atoms with Crippen molar-refractivity contribution in [1.29, 1.82) is 0 Å². The maximum absolute atomic E-state index is 14.8. The molecule has 7 heterocycles. The fourth-order valence-electron chi connectivity index (χ4n) is 13.7. The first-order chi connectivity index (χ1) is 46.8. The number of hydrogen-bond donors (Lipinski definition) is 13. The Morgan fingerprint density at radius 3 is 1.79 bits per heavy atom. The van der Waals surface area contributed by atoms with Crippen LogP contribution in [0, 0.1) is 5.92 Å². The molecule has 15 N–H and O–H groups in total. The topological polar surface area (TPSA) is 489 Å². The van der Waals surface area contributed by atoms with Crippen molar-refractivity contribution in [2.75, 3.05) is 58.9 Å². The lowest BCUT2D eigenvalue weighted by Crippen LogP contribution is -2.60. The van der Waals surface area contributed by atoms with Crippen LogP contribution in [0.4, 0.5) is 0 Å². The lowest BCUT2D eigenvalue weighted by molar-refractivity contribution is -0.152. The molecule has 11 atom stereocenters. The highest BCUT2D eigenvalue weighted by Gasteiger charge is 2.47. The third kappa shape index (κ3) is 18.8. The summed E-state index contributed by atoms with van der Waals surface area (Å²) in [5, 5.41) is 41.0.